The van der Waals surface area contributed by atoms with Crippen LogP contribution >= 0.6 is 11.6 Å². The van der Waals surface area contributed by atoms with Crippen LogP contribution in [0.2, 0.25) is 5.02 Å². The quantitative estimate of drug-likeness (QED) is 0.846. The first kappa shape index (κ1) is 14.7. The van der Waals surface area contributed by atoms with Crippen molar-refractivity contribution in [1.82, 2.24) is 9.88 Å². The van der Waals surface area contributed by atoms with Crippen molar-refractivity contribution in [2.24, 2.45) is 5.92 Å². The van der Waals surface area contributed by atoms with Crippen molar-refractivity contribution in [2.45, 2.75) is 31.2 Å². The van der Waals surface area contributed by atoms with E-state index in [2.05, 4.69) is 11.1 Å². The minimum atomic E-state index is 0.109. The van der Waals surface area contributed by atoms with Gasteiger partial charge in [0.05, 0.1) is 11.7 Å². The molecular formula is C19H19ClN2O. The SMILES string of the molecule is O=C(C1CC1c1cccc(Cl)c1)N1CCCC1c1ccccn1. The standard InChI is InChI=1S/C19H19ClN2O/c20-14-6-3-5-13(11-14)15-12-16(15)19(23)22-10-4-8-18(22)17-7-1-2-9-21-17/h1-3,5-7,9,11,15-16,18H,4,8,10,12H2. The molecule has 2 fully saturated rings. The Hall–Kier alpha value is -1.87. The zero-order chi connectivity index (χ0) is 15.8. The Bertz CT molecular complexity index is 718. The van der Waals surface area contributed by atoms with Crippen LogP contribution in [0.3, 0.4) is 0 Å². The number of pyridine rings is 1. The zero-order valence-electron chi connectivity index (χ0n) is 12.9. The summed E-state index contributed by atoms with van der Waals surface area (Å²) in [6, 6.07) is 14.0. The van der Waals surface area contributed by atoms with Gasteiger partial charge in [0, 0.05) is 23.7 Å². The van der Waals surface area contributed by atoms with Crippen LogP contribution < -0.4 is 0 Å². The van der Waals surface area contributed by atoms with Crippen molar-refractivity contribution in [1.29, 1.82) is 0 Å². The molecule has 2 aromatic rings. The van der Waals surface area contributed by atoms with Crippen LogP contribution in [0.15, 0.2) is 48.7 Å². The van der Waals surface area contributed by atoms with Gasteiger partial charge in [0.25, 0.3) is 0 Å². The topological polar surface area (TPSA) is 33.2 Å². The van der Waals surface area contributed by atoms with Crippen LogP contribution in [-0.4, -0.2) is 22.3 Å². The second-order valence-corrected chi connectivity index (χ2v) is 6.88. The maximum absolute atomic E-state index is 12.9. The highest BCUT2D eigenvalue weighted by Gasteiger charge is 2.47. The smallest absolute Gasteiger partial charge is 0.226 e. The predicted octanol–water partition coefficient (Wildman–Crippen LogP) is 4.20. The number of carbonyl (C=O) groups is 1. The first-order chi connectivity index (χ1) is 11.2. The third-order valence-electron chi connectivity index (χ3n) is 4.95. The van der Waals surface area contributed by atoms with Crippen LogP contribution in [0.4, 0.5) is 0 Å². The highest BCUT2D eigenvalue weighted by molar-refractivity contribution is 6.30. The number of hydrogen-bond acceptors (Lipinski definition) is 2. The molecule has 4 rings (SSSR count). The molecule has 3 nitrogen and oxygen atoms in total. The molecule has 118 valence electrons. The lowest BCUT2D eigenvalue weighted by molar-refractivity contribution is -0.133. The Labute approximate surface area is 141 Å². The molecule has 1 aromatic heterocycles. The number of benzene rings is 1. The van der Waals surface area contributed by atoms with E-state index in [1.54, 1.807) is 0 Å². The van der Waals surface area contributed by atoms with Gasteiger partial charge in [-0.1, -0.05) is 29.8 Å². The van der Waals surface area contributed by atoms with Crippen LogP contribution in [0.5, 0.6) is 0 Å². The molecule has 4 heteroatoms. The van der Waals surface area contributed by atoms with Gasteiger partial charge in [-0.3, -0.25) is 9.78 Å². The van der Waals surface area contributed by atoms with Gasteiger partial charge in [-0.05, 0) is 55.0 Å². The summed E-state index contributed by atoms with van der Waals surface area (Å²) in [7, 11) is 0. The average molecular weight is 327 g/mol. The number of rotatable bonds is 3. The van der Waals surface area contributed by atoms with Crippen LogP contribution in [0.1, 0.15) is 42.5 Å². The monoisotopic (exact) mass is 326 g/mol. The van der Waals surface area contributed by atoms with Crippen molar-refractivity contribution in [3.05, 3.63) is 64.9 Å². The minimum absolute atomic E-state index is 0.109. The summed E-state index contributed by atoms with van der Waals surface area (Å²) in [4.78, 5) is 19.4. The first-order valence-corrected chi connectivity index (χ1v) is 8.59. The lowest BCUT2D eigenvalue weighted by Gasteiger charge is -2.24. The molecule has 2 aliphatic rings. The minimum Gasteiger partial charge on any atom is -0.334 e. The molecule has 3 atom stereocenters. The summed E-state index contributed by atoms with van der Waals surface area (Å²) in [6.45, 7) is 0.846. The van der Waals surface area contributed by atoms with E-state index < -0.39 is 0 Å². The van der Waals surface area contributed by atoms with Crippen molar-refractivity contribution in [3.63, 3.8) is 0 Å². The van der Waals surface area contributed by atoms with Crippen LogP contribution in [-0.2, 0) is 4.79 Å². The number of carbonyl (C=O) groups excluding carboxylic acids is 1. The second kappa shape index (κ2) is 5.97. The Morgan fingerprint density at radius 1 is 1.22 bits per heavy atom. The van der Waals surface area contributed by atoms with Crippen molar-refractivity contribution in [2.75, 3.05) is 6.54 Å². The Morgan fingerprint density at radius 3 is 2.91 bits per heavy atom. The number of halogens is 1. The van der Waals surface area contributed by atoms with Gasteiger partial charge in [-0.25, -0.2) is 0 Å². The number of aromatic nitrogens is 1. The van der Waals surface area contributed by atoms with E-state index in [0.717, 1.165) is 36.5 Å². The van der Waals surface area contributed by atoms with Gasteiger partial charge < -0.3 is 4.90 Å². The highest BCUT2D eigenvalue weighted by Crippen LogP contribution is 2.50. The predicted molar refractivity (Wildman–Crippen MR) is 90.2 cm³/mol. The third kappa shape index (κ3) is 2.86. The fourth-order valence-corrected chi connectivity index (χ4v) is 3.90. The molecule has 1 aliphatic heterocycles. The maximum Gasteiger partial charge on any atom is 0.226 e. The largest absolute Gasteiger partial charge is 0.334 e. The van der Waals surface area contributed by atoms with Crippen molar-refractivity contribution < 1.29 is 4.79 Å². The molecule has 1 saturated carbocycles. The van der Waals surface area contributed by atoms with Crippen molar-refractivity contribution >= 4 is 17.5 Å². The average Bonchev–Trinajstić information content (AvgIpc) is 3.23. The van der Waals surface area contributed by atoms with E-state index in [1.807, 2.05) is 47.5 Å². The molecular weight excluding hydrogens is 308 g/mol. The Balaban J connectivity index is 1.49. The first-order valence-electron chi connectivity index (χ1n) is 8.21. The zero-order valence-corrected chi connectivity index (χ0v) is 13.6. The van der Waals surface area contributed by atoms with Crippen LogP contribution in [0, 0.1) is 5.92 Å². The Kier molecular flexibility index (Phi) is 3.82. The number of nitrogens with zero attached hydrogens (tertiary/aromatic N) is 2. The van der Waals surface area contributed by atoms with Crippen molar-refractivity contribution in [3.8, 4) is 0 Å². The number of likely N-dealkylation sites (tertiary alicyclic amines) is 1. The number of hydrogen-bond donors (Lipinski definition) is 0. The second-order valence-electron chi connectivity index (χ2n) is 6.45. The molecule has 1 aliphatic carbocycles. The van der Waals surface area contributed by atoms with E-state index in [1.165, 1.54) is 5.56 Å². The molecule has 1 aromatic carbocycles. The van der Waals surface area contributed by atoms with E-state index in [-0.39, 0.29) is 17.9 Å². The van der Waals surface area contributed by atoms with E-state index in [0.29, 0.717) is 5.92 Å². The fraction of sp³-hybridized carbons (Fsp3) is 0.368. The van der Waals surface area contributed by atoms with Crippen LogP contribution in [0.25, 0.3) is 0 Å². The molecule has 0 spiro atoms. The molecule has 2 heterocycles. The fourth-order valence-electron chi connectivity index (χ4n) is 3.70. The summed E-state index contributed by atoms with van der Waals surface area (Å²) >= 11 is 6.07. The Morgan fingerprint density at radius 2 is 2.13 bits per heavy atom. The highest BCUT2D eigenvalue weighted by atomic mass is 35.5. The van der Waals surface area contributed by atoms with E-state index in [9.17, 15) is 4.79 Å². The van der Waals surface area contributed by atoms with E-state index >= 15 is 0 Å². The van der Waals surface area contributed by atoms with Gasteiger partial charge >= 0.3 is 0 Å². The van der Waals surface area contributed by atoms with Gasteiger partial charge in [0.2, 0.25) is 5.91 Å². The summed E-state index contributed by atoms with van der Waals surface area (Å²) < 4.78 is 0. The number of amides is 1. The van der Waals surface area contributed by atoms with Gasteiger partial charge in [-0.15, -0.1) is 0 Å². The van der Waals surface area contributed by atoms with Gasteiger partial charge in [-0.2, -0.15) is 0 Å². The molecule has 0 bridgehead atoms. The molecule has 1 saturated heterocycles. The van der Waals surface area contributed by atoms with Gasteiger partial charge in [0.1, 0.15) is 0 Å². The lowest BCUT2D eigenvalue weighted by Crippen LogP contribution is -2.32. The summed E-state index contributed by atoms with van der Waals surface area (Å²) in [5.74, 6) is 0.715. The summed E-state index contributed by atoms with van der Waals surface area (Å²) in [5.41, 5.74) is 2.20. The molecule has 0 N–H and O–H groups in total. The molecule has 3 unspecified atom stereocenters. The molecule has 1 amide bonds. The van der Waals surface area contributed by atoms with Gasteiger partial charge in [0.15, 0.2) is 0 Å². The summed E-state index contributed by atoms with van der Waals surface area (Å²) in [6.07, 6.45) is 4.81. The third-order valence-corrected chi connectivity index (χ3v) is 5.18. The normalized spacial score (nSPS) is 26.3. The molecule has 23 heavy (non-hydrogen) atoms. The van der Waals surface area contributed by atoms with E-state index in [4.69, 9.17) is 11.6 Å². The maximum atomic E-state index is 12.9. The molecule has 0 radical (unpaired) electrons. The lowest BCUT2D eigenvalue weighted by atomic mass is 10.1. The summed E-state index contributed by atoms with van der Waals surface area (Å²) in [5, 5.41) is 0.744.